The topological polar surface area (TPSA) is 106 Å². The third kappa shape index (κ3) is 4.83. The summed E-state index contributed by atoms with van der Waals surface area (Å²) in [6.07, 6.45) is -4.27. The molecular weight excluding hydrogens is 453 g/mol. The fourth-order valence-corrected chi connectivity index (χ4v) is 4.73. The van der Waals surface area contributed by atoms with Crippen molar-refractivity contribution in [3.63, 3.8) is 0 Å². The van der Waals surface area contributed by atoms with E-state index < -0.39 is 39.3 Å². The Morgan fingerprint density at radius 3 is 2.47 bits per heavy atom. The number of nitrogens with zero attached hydrogens (tertiary/aromatic N) is 4. The van der Waals surface area contributed by atoms with Crippen LogP contribution in [0.1, 0.15) is 25.8 Å². The lowest BCUT2D eigenvalue weighted by Gasteiger charge is -2.38. The van der Waals surface area contributed by atoms with Crippen LogP contribution in [0.5, 0.6) is 0 Å². The van der Waals surface area contributed by atoms with Gasteiger partial charge in [-0.2, -0.15) is 18.2 Å². The summed E-state index contributed by atoms with van der Waals surface area (Å²) in [5.74, 6) is -0.312. The van der Waals surface area contributed by atoms with Gasteiger partial charge in [-0.05, 0) is 19.4 Å². The van der Waals surface area contributed by atoms with Crippen molar-refractivity contribution < 1.29 is 27.6 Å². The number of piperazine rings is 1. The van der Waals surface area contributed by atoms with E-state index in [2.05, 4.69) is 4.98 Å². The Labute approximate surface area is 184 Å². The second-order valence-electron chi connectivity index (χ2n) is 7.13. The number of hydrogen-bond acceptors (Lipinski definition) is 9. The Morgan fingerprint density at radius 2 is 1.94 bits per heavy atom. The molecule has 0 aliphatic carbocycles. The van der Waals surface area contributed by atoms with Gasteiger partial charge in [0.05, 0.1) is 22.5 Å². The lowest BCUT2D eigenvalue weighted by atomic mass is 10.1. The van der Waals surface area contributed by atoms with E-state index >= 15 is 0 Å². The van der Waals surface area contributed by atoms with Crippen LogP contribution in [0.4, 0.5) is 24.0 Å². The maximum absolute atomic E-state index is 13.1. The molecule has 1 aliphatic heterocycles. The number of carbonyl (C=O) groups excluding carboxylic acids is 1. The van der Waals surface area contributed by atoms with Crippen molar-refractivity contribution in [1.29, 1.82) is 0 Å². The van der Waals surface area contributed by atoms with Gasteiger partial charge in [0.25, 0.3) is 11.2 Å². The van der Waals surface area contributed by atoms with Crippen molar-refractivity contribution in [2.45, 2.75) is 32.5 Å². The van der Waals surface area contributed by atoms with Gasteiger partial charge in [-0.1, -0.05) is 18.3 Å². The molecule has 174 valence electrons. The van der Waals surface area contributed by atoms with Gasteiger partial charge in [-0.15, -0.1) is 0 Å². The molecule has 1 aliphatic rings. The number of halogens is 3. The first kappa shape index (κ1) is 23.9. The first-order chi connectivity index (χ1) is 15.1. The van der Waals surface area contributed by atoms with E-state index in [0.717, 1.165) is 11.3 Å². The summed E-state index contributed by atoms with van der Waals surface area (Å²) in [6.45, 7) is 5.59. The van der Waals surface area contributed by atoms with Gasteiger partial charge < -0.3 is 9.64 Å². The lowest BCUT2D eigenvalue weighted by molar-refractivity contribution is -0.383. The van der Waals surface area contributed by atoms with Crippen molar-refractivity contribution in [3.05, 3.63) is 38.2 Å². The van der Waals surface area contributed by atoms with Crippen molar-refractivity contribution in [2.24, 2.45) is 0 Å². The number of aromatic nitrogens is 1. The fourth-order valence-electron chi connectivity index (χ4n) is 3.61. The first-order valence-corrected chi connectivity index (χ1v) is 10.7. The van der Waals surface area contributed by atoms with E-state index in [9.17, 15) is 32.9 Å². The summed E-state index contributed by atoms with van der Waals surface area (Å²) in [5, 5.41) is 11.2. The molecule has 32 heavy (non-hydrogen) atoms. The number of rotatable bonds is 6. The lowest BCUT2D eigenvalue weighted by Crippen LogP contribution is -2.53. The van der Waals surface area contributed by atoms with Gasteiger partial charge >= 0.3 is 12.1 Å². The normalized spacial score (nSPS) is 16.2. The molecule has 1 fully saturated rings. The smallest absolute Gasteiger partial charge is 0.416 e. The number of benzene rings is 1. The summed E-state index contributed by atoms with van der Waals surface area (Å²) < 4.78 is 44.3. The molecule has 1 unspecified atom stereocenters. The predicted octanol–water partition coefficient (Wildman–Crippen LogP) is 3.05. The molecule has 13 heteroatoms. The van der Waals surface area contributed by atoms with Crippen LogP contribution in [0.2, 0.25) is 0 Å². The predicted molar refractivity (Wildman–Crippen MR) is 112 cm³/mol. The molecule has 0 amide bonds. The minimum absolute atomic E-state index is 0.154. The number of anilines is 1. The Hall–Kier alpha value is -2.80. The number of non-ortho nitro benzene ring substituents is 1. The number of fused-ring (bicyclic) bond motifs is 1. The van der Waals surface area contributed by atoms with Crippen molar-refractivity contribution in [2.75, 3.05) is 37.7 Å². The van der Waals surface area contributed by atoms with E-state index in [1.165, 1.54) is 0 Å². The summed E-state index contributed by atoms with van der Waals surface area (Å²) in [4.78, 5) is 42.7. The minimum atomic E-state index is -4.83. The molecule has 9 nitrogen and oxygen atoms in total. The molecule has 0 N–H and O–H groups in total. The number of esters is 1. The van der Waals surface area contributed by atoms with E-state index in [1.54, 1.807) is 11.8 Å². The van der Waals surface area contributed by atoms with Crippen LogP contribution in [-0.2, 0) is 15.7 Å². The Balaban J connectivity index is 1.91. The third-order valence-electron chi connectivity index (χ3n) is 5.19. The van der Waals surface area contributed by atoms with Crippen LogP contribution in [0.25, 0.3) is 10.1 Å². The highest BCUT2D eigenvalue weighted by molar-refractivity contribution is 7.22. The quantitative estimate of drug-likeness (QED) is 0.357. The number of ether oxygens (including phenoxy) is 1. The van der Waals surface area contributed by atoms with Crippen LogP contribution in [0.15, 0.2) is 16.9 Å². The molecule has 1 aromatic carbocycles. The average molecular weight is 474 g/mol. The van der Waals surface area contributed by atoms with Gasteiger partial charge in [0.2, 0.25) is 0 Å². The fraction of sp³-hybridized carbons (Fsp3) is 0.526. The summed E-state index contributed by atoms with van der Waals surface area (Å²) in [7, 11) is 0. The number of alkyl halides is 3. The monoisotopic (exact) mass is 474 g/mol. The number of hydrogen-bond donors (Lipinski definition) is 0. The third-order valence-corrected chi connectivity index (χ3v) is 6.35. The Bertz CT molecular complexity index is 1080. The van der Waals surface area contributed by atoms with E-state index in [4.69, 9.17) is 4.74 Å². The van der Waals surface area contributed by atoms with Gasteiger partial charge in [0.15, 0.2) is 5.13 Å². The summed E-state index contributed by atoms with van der Waals surface area (Å²) in [6, 6.07) is 0.633. The molecule has 1 atom stereocenters. The molecule has 1 aromatic heterocycles. The zero-order valence-electron chi connectivity index (χ0n) is 17.3. The van der Waals surface area contributed by atoms with Gasteiger partial charge in [0, 0.05) is 32.2 Å². The number of nitro benzene ring substituents is 1. The van der Waals surface area contributed by atoms with Crippen LogP contribution < -0.4 is 10.5 Å². The van der Waals surface area contributed by atoms with Crippen LogP contribution in [-0.4, -0.2) is 59.6 Å². The molecule has 0 radical (unpaired) electrons. The molecule has 2 heterocycles. The highest BCUT2D eigenvalue weighted by Crippen LogP contribution is 2.38. The zero-order chi connectivity index (χ0) is 23.6. The summed E-state index contributed by atoms with van der Waals surface area (Å²) in [5.41, 5.74) is -3.01. The SMILES string of the molecule is CCOC(=O)C(CC)N1CCN(c2nc(=O)c3cc(C(F)(F)F)cc([N+](=O)[O-])c3s2)CC1. The molecule has 3 rings (SSSR count). The van der Waals surface area contributed by atoms with Crippen molar-refractivity contribution >= 4 is 38.2 Å². The molecule has 1 saturated heterocycles. The molecule has 0 spiro atoms. The summed E-state index contributed by atoms with van der Waals surface area (Å²) >= 11 is 0.807. The molecule has 0 saturated carbocycles. The largest absolute Gasteiger partial charge is 0.465 e. The van der Waals surface area contributed by atoms with E-state index in [1.807, 2.05) is 11.8 Å². The highest BCUT2D eigenvalue weighted by Gasteiger charge is 2.35. The van der Waals surface area contributed by atoms with E-state index in [0.29, 0.717) is 44.7 Å². The Morgan fingerprint density at radius 1 is 1.28 bits per heavy atom. The van der Waals surface area contributed by atoms with Crippen LogP contribution in [0, 0.1) is 10.1 Å². The average Bonchev–Trinajstić information content (AvgIpc) is 2.73. The minimum Gasteiger partial charge on any atom is -0.465 e. The van der Waals surface area contributed by atoms with Crippen LogP contribution in [0.3, 0.4) is 0 Å². The standard InChI is InChI=1S/C19H21F3N4O5S/c1-3-13(17(28)31-4-2)24-5-7-25(8-6-24)18-23-16(27)12-9-11(19(20,21)22)10-14(26(29)30)15(12)32-18/h9-10,13H,3-8H2,1-2H3. The van der Waals surface area contributed by atoms with Gasteiger partial charge in [-0.3, -0.25) is 24.6 Å². The number of carbonyl (C=O) groups is 1. The van der Waals surface area contributed by atoms with Crippen LogP contribution >= 0.6 is 11.3 Å². The van der Waals surface area contributed by atoms with Gasteiger partial charge in [-0.25, -0.2) is 0 Å². The second kappa shape index (κ2) is 9.36. The first-order valence-electron chi connectivity index (χ1n) is 9.92. The van der Waals surface area contributed by atoms with Gasteiger partial charge in [0.1, 0.15) is 10.7 Å². The molecule has 2 aromatic rings. The van der Waals surface area contributed by atoms with Crippen molar-refractivity contribution in [3.8, 4) is 0 Å². The maximum atomic E-state index is 13.1. The zero-order valence-corrected chi connectivity index (χ0v) is 18.2. The maximum Gasteiger partial charge on any atom is 0.416 e. The second-order valence-corrected chi connectivity index (χ2v) is 8.11. The Kier molecular flexibility index (Phi) is 6.98. The number of nitro groups is 1. The van der Waals surface area contributed by atoms with Crippen molar-refractivity contribution in [1.82, 2.24) is 9.88 Å². The van der Waals surface area contributed by atoms with E-state index in [-0.39, 0.29) is 22.4 Å². The molecule has 0 bridgehead atoms. The molecular formula is C19H21F3N4O5S. The highest BCUT2D eigenvalue weighted by atomic mass is 32.1.